The van der Waals surface area contributed by atoms with Crippen LogP contribution in [0, 0.1) is 0 Å². The normalized spacial score (nSPS) is 11.8. The van der Waals surface area contributed by atoms with Gasteiger partial charge in [-0.3, -0.25) is 0 Å². The number of amides is 2. The SMILES string of the molecule is CCCCCCCCCCCCCCCCCC(=O)[N+](C)(CCO)C(=O)CCCCCCCCCCCCCCCCC.CS(=O)(=O)[O-]. The molecule has 0 radical (unpaired) electrons. The van der Waals surface area contributed by atoms with E-state index in [9.17, 15) is 14.7 Å². The van der Waals surface area contributed by atoms with E-state index in [4.69, 9.17) is 13.0 Å². The maximum atomic E-state index is 13.0. The van der Waals surface area contributed by atoms with E-state index < -0.39 is 10.1 Å². The Hall–Kier alpha value is -0.830. The van der Waals surface area contributed by atoms with Gasteiger partial charge in [0.1, 0.15) is 6.54 Å². The van der Waals surface area contributed by atoms with Crippen LogP contribution in [-0.4, -0.2) is 60.8 Å². The van der Waals surface area contributed by atoms with Crippen LogP contribution >= 0.6 is 0 Å². The van der Waals surface area contributed by atoms with E-state index in [2.05, 4.69) is 13.8 Å². The van der Waals surface area contributed by atoms with Crippen LogP contribution in [0.4, 0.5) is 0 Å². The van der Waals surface area contributed by atoms with Crippen LogP contribution in [0.5, 0.6) is 0 Å². The monoisotopic (exact) mass is 704 g/mol. The Morgan fingerprint density at radius 1 is 0.479 bits per heavy atom. The zero-order chi connectivity index (χ0) is 36.2. The quantitative estimate of drug-likeness (QED) is 0.0405. The van der Waals surface area contributed by atoms with Crippen molar-refractivity contribution in [1.82, 2.24) is 0 Å². The van der Waals surface area contributed by atoms with Gasteiger partial charge in [-0.05, 0) is 12.8 Å². The lowest BCUT2D eigenvalue weighted by molar-refractivity contribution is -0.759. The number of rotatable bonds is 34. The smallest absolute Gasteiger partial charge is 0.320 e. The van der Waals surface area contributed by atoms with Gasteiger partial charge in [-0.1, -0.05) is 194 Å². The Labute approximate surface area is 299 Å². The van der Waals surface area contributed by atoms with Crippen molar-refractivity contribution in [3.63, 3.8) is 0 Å². The molecule has 0 aromatic heterocycles. The fraction of sp³-hybridized carbons (Fsp3) is 0.950. The van der Waals surface area contributed by atoms with Crippen molar-refractivity contribution in [3.8, 4) is 0 Å². The van der Waals surface area contributed by atoms with Crippen LogP contribution in [-0.2, 0) is 19.7 Å². The number of quaternary nitrogens is 1. The molecule has 2 amide bonds. The molecular formula is C40H81NO6S. The summed E-state index contributed by atoms with van der Waals surface area (Å²) in [7, 11) is -2.18. The molecule has 0 heterocycles. The molecule has 0 aromatic rings. The fourth-order valence-corrected chi connectivity index (χ4v) is 6.38. The number of nitrogens with zero attached hydrogens (tertiary/aromatic N) is 1. The topological polar surface area (TPSA) is 112 Å². The number of hydrogen-bond donors (Lipinski definition) is 1. The lowest BCUT2D eigenvalue weighted by Crippen LogP contribution is -2.55. The standard InChI is InChI=1S/C39H78NO3.CH4O3S/c1-4-6-8-10-12-14-16-18-20-22-24-26-28-30-32-34-38(42)40(3,36-37-41)39(43)35-33-31-29-27-25-23-21-19-17-15-13-11-9-7-5-2;1-5(2,3)4/h41H,4-37H2,1-3H3;1H3,(H,2,3,4)/q+1;/p-1. The number of aliphatic hydroxyl groups is 1. The Morgan fingerprint density at radius 3 is 0.854 bits per heavy atom. The first-order valence-electron chi connectivity index (χ1n) is 20.5. The van der Waals surface area contributed by atoms with Gasteiger partial charge < -0.3 is 9.66 Å². The maximum absolute atomic E-state index is 13.0. The number of carbonyl (C=O) groups excluding carboxylic acids is 2. The summed E-state index contributed by atoms with van der Waals surface area (Å²) in [6.45, 7) is 4.65. The highest BCUT2D eigenvalue weighted by atomic mass is 32.2. The minimum Gasteiger partial charge on any atom is -0.748 e. The van der Waals surface area contributed by atoms with Gasteiger partial charge in [0.15, 0.2) is 0 Å². The third kappa shape index (κ3) is 36.5. The molecule has 0 aromatic carbocycles. The average molecular weight is 704 g/mol. The van der Waals surface area contributed by atoms with Crippen molar-refractivity contribution >= 4 is 21.9 Å². The van der Waals surface area contributed by atoms with Crippen molar-refractivity contribution in [3.05, 3.63) is 0 Å². The molecule has 0 saturated heterocycles. The van der Waals surface area contributed by atoms with Gasteiger partial charge in [-0.2, -0.15) is 4.48 Å². The minimum absolute atomic E-state index is 0.00490. The van der Waals surface area contributed by atoms with Gasteiger partial charge in [-0.15, -0.1) is 0 Å². The molecule has 0 aliphatic heterocycles. The summed E-state index contributed by atoms with van der Waals surface area (Å²) in [6.07, 6.45) is 40.6. The largest absolute Gasteiger partial charge is 0.748 e. The Bertz CT molecular complexity index is 763. The van der Waals surface area contributed by atoms with Crippen molar-refractivity contribution < 1.29 is 32.1 Å². The third-order valence-corrected chi connectivity index (χ3v) is 9.64. The Kier molecular flexibility index (Phi) is 36.9. The second-order valence-electron chi connectivity index (χ2n) is 14.5. The second-order valence-corrected chi connectivity index (χ2v) is 15.9. The highest BCUT2D eigenvalue weighted by Crippen LogP contribution is 2.18. The first-order chi connectivity index (χ1) is 23.0. The number of unbranched alkanes of at least 4 members (excludes halogenated alkanes) is 28. The van der Waals surface area contributed by atoms with Crippen molar-refractivity contribution in [2.45, 2.75) is 219 Å². The molecule has 0 atom stereocenters. The van der Waals surface area contributed by atoms with E-state index >= 15 is 0 Å². The van der Waals surface area contributed by atoms with Crippen molar-refractivity contribution in [2.75, 3.05) is 26.5 Å². The Morgan fingerprint density at radius 2 is 0.667 bits per heavy atom. The van der Waals surface area contributed by atoms with E-state index in [0.29, 0.717) is 19.1 Å². The maximum Gasteiger partial charge on any atom is 0.320 e. The summed E-state index contributed by atoms with van der Waals surface area (Å²) in [5.74, 6) is -0.00981. The highest BCUT2D eigenvalue weighted by molar-refractivity contribution is 7.84. The molecule has 48 heavy (non-hydrogen) atoms. The molecule has 0 bridgehead atoms. The second kappa shape index (κ2) is 36.0. The molecule has 8 heteroatoms. The molecule has 0 unspecified atom stereocenters. The van der Waals surface area contributed by atoms with Gasteiger partial charge in [0.25, 0.3) is 0 Å². The zero-order valence-electron chi connectivity index (χ0n) is 32.4. The lowest BCUT2D eigenvalue weighted by Gasteiger charge is -2.28. The third-order valence-electron chi connectivity index (χ3n) is 9.64. The zero-order valence-corrected chi connectivity index (χ0v) is 33.2. The van der Waals surface area contributed by atoms with Crippen LogP contribution in [0.2, 0.25) is 0 Å². The Balaban J connectivity index is 0. The van der Waals surface area contributed by atoms with Crippen LogP contribution in [0.15, 0.2) is 0 Å². The molecule has 0 saturated carbocycles. The highest BCUT2D eigenvalue weighted by Gasteiger charge is 2.38. The van der Waals surface area contributed by atoms with E-state index in [1.807, 2.05) is 0 Å². The number of carbonyl (C=O) groups is 2. The van der Waals surface area contributed by atoms with Gasteiger partial charge in [-0.25, -0.2) is 18.0 Å². The average Bonchev–Trinajstić information content (AvgIpc) is 3.03. The molecule has 0 fully saturated rings. The molecule has 1 N–H and O–H groups in total. The van der Waals surface area contributed by atoms with Crippen LogP contribution in [0.25, 0.3) is 0 Å². The van der Waals surface area contributed by atoms with Crippen molar-refractivity contribution in [2.24, 2.45) is 0 Å². The summed E-state index contributed by atoms with van der Waals surface area (Å²) in [5.41, 5.74) is 0. The molecule has 288 valence electrons. The fourth-order valence-electron chi connectivity index (χ4n) is 6.38. The van der Waals surface area contributed by atoms with E-state index in [1.165, 1.54) is 167 Å². The number of likely N-dealkylation sites (N-methyl/N-ethyl adjacent to an activating group) is 1. The lowest BCUT2D eigenvalue weighted by atomic mass is 10.0. The van der Waals surface area contributed by atoms with Crippen LogP contribution < -0.4 is 0 Å². The molecule has 7 nitrogen and oxygen atoms in total. The predicted octanol–water partition coefficient (Wildman–Crippen LogP) is 11.2. The first kappa shape index (κ1) is 49.3. The number of aliphatic hydroxyl groups excluding tert-OH is 1. The van der Waals surface area contributed by atoms with E-state index in [-0.39, 0.29) is 29.4 Å². The summed E-state index contributed by atoms with van der Waals surface area (Å²) in [5, 5.41) is 9.59. The van der Waals surface area contributed by atoms with E-state index in [1.54, 1.807) is 7.05 Å². The van der Waals surface area contributed by atoms with Crippen LogP contribution in [0.1, 0.15) is 219 Å². The summed E-state index contributed by atoms with van der Waals surface area (Å²) < 4.78 is 27.0. The first-order valence-corrected chi connectivity index (χ1v) is 22.3. The van der Waals surface area contributed by atoms with Crippen LogP contribution in [0.3, 0.4) is 0 Å². The summed E-state index contributed by atoms with van der Waals surface area (Å²) in [4.78, 5) is 26.1. The van der Waals surface area contributed by atoms with Gasteiger partial charge in [0, 0.05) is 6.26 Å². The molecular weight excluding hydrogens is 623 g/mol. The number of imide groups is 1. The van der Waals surface area contributed by atoms with Gasteiger partial charge in [0.05, 0.1) is 36.6 Å². The molecule has 0 spiro atoms. The number of hydrogen-bond acceptors (Lipinski definition) is 6. The summed E-state index contributed by atoms with van der Waals surface area (Å²) >= 11 is 0. The molecule has 0 aliphatic carbocycles. The molecule has 0 rings (SSSR count). The van der Waals surface area contributed by atoms with Gasteiger partial charge in [0.2, 0.25) is 0 Å². The summed E-state index contributed by atoms with van der Waals surface area (Å²) in [6, 6.07) is 0. The van der Waals surface area contributed by atoms with Gasteiger partial charge >= 0.3 is 11.8 Å². The van der Waals surface area contributed by atoms with E-state index in [0.717, 1.165) is 25.7 Å². The van der Waals surface area contributed by atoms with Crippen molar-refractivity contribution in [1.29, 1.82) is 0 Å². The molecule has 0 aliphatic rings. The predicted molar refractivity (Wildman–Crippen MR) is 203 cm³/mol. The minimum atomic E-state index is -3.92.